The van der Waals surface area contributed by atoms with Crippen molar-refractivity contribution in [3.8, 4) is 0 Å². The van der Waals surface area contributed by atoms with Crippen LogP contribution in [0.25, 0.3) is 10.9 Å². The number of hydrogen-bond donors (Lipinski definition) is 7. The van der Waals surface area contributed by atoms with Gasteiger partial charge in [-0.25, -0.2) is 9.18 Å². The number of piperazine rings is 1. The summed E-state index contributed by atoms with van der Waals surface area (Å²) in [6.45, 7) is 2.09. The maximum atomic E-state index is 15.2. The van der Waals surface area contributed by atoms with Gasteiger partial charge in [0, 0.05) is 55.7 Å². The number of benzene rings is 2. The number of aromatic nitrogens is 1. The van der Waals surface area contributed by atoms with E-state index in [1.54, 1.807) is 22.8 Å². The lowest BCUT2D eigenvalue weighted by molar-refractivity contribution is 0.0694. The zero-order valence-corrected chi connectivity index (χ0v) is 25.2. The largest absolute Gasteiger partial charge is 0.477 e. The fourth-order valence-electron chi connectivity index (χ4n) is 4.98. The summed E-state index contributed by atoms with van der Waals surface area (Å²) >= 11 is 0.764. The van der Waals surface area contributed by atoms with Gasteiger partial charge in [0.05, 0.1) is 11.2 Å². The van der Waals surface area contributed by atoms with Crippen molar-refractivity contribution in [1.29, 1.82) is 0 Å². The molecule has 1 aliphatic heterocycles. The summed E-state index contributed by atoms with van der Waals surface area (Å²) in [5.74, 6) is -1.95. The Labute approximate surface area is 248 Å². The average molecular weight is 658 g/mol. The molecule has 0 unspecified atom stereocenters. The van der Waals surface area contributed by atoms with E-state index in [2.05, 4.69) is 0 Å². The molecule has 0 atom stereocenters. The molecule has 232 valence electrons. The van der Waals surface area contributed by atoms with Gasteiger partial charge in [-0.05, 0) is 47.6 Å². The van der Waals surface area contributed by atoms with E-state index in [1.165, 1.54) is 18.3 Å². The van der Waals surface area contributed by atoms with Crippen molar-refractivity contribution in [3.05, 3.63) is 69.8 Å². The minimum absolute atomic E-state index is 0.0398. The Bertz CT molecular complexity index is 1740. The highest BCUT2D eigenvalue weighted by atomic mass is 32.1. The van der Waals surface area contributed by atoms with E-state index in [9.17, 15) is 48.5 Å². The fourth-order valence-corrected chi connectivity index (χ4v) is 7.97. The average Bonchev–Trinajstić information content (AvgIpc) is 3.77. The summed E-state index contributed by atoms with van der Waals surface area (Å²) in [6.07, 6.45) is 2.11. The van der Waals surface area contributed by atoms with Crippen LogP contribution in [-0.2, 0) is 15.6 Å². The Morgan fingerprint density at radius 3 is 2.16 bits per heavy atom. The number of anilines is 1. The first kappa shape index (κ1) is 31.7. The number of hydrogen-bond acceptors (Lipinski definition) is 6. The highest BCUT2D eigenvalue weighted by Gasteiger charge is 2.59. The van der Waals surface area contributed by atoms with E-state index in [-0.39, 0.29) is 22.6 Å². The number of nitrogens with zero attached hydrogens (tertiary/aromatic N) is 3. The first-order chi connectivity index (χ1) is 20.1. The molecule has 17 heteroatoms. The van der Waals surface area contributed by atoms with Crippen LogP contribution in [0.2, 0.25) is 0 Å². The quantitative estimate of drug-likeness (QED) is 0.101. The molecule has 13 nitrogen and oxygen atoms in total. The summed E-state index contributed by atoms with van der Waals surface area (Å²) in [4.78, 5) is 66.4. The first-order valence-electron chi connectivity index (χ1n) is 13.2. The van der Waals surface area contributed by atoms with Gasteiger partial charge in [-0.3, -0.25) is 18.8 Å². The number of carboxylic acid groups (broad SMARTS) is 1. The van der Waals surface area contributed by atoms with E-state index in [4.69, 9.17) is 0 Å². The van der Waals surface area contributed by atoms with Gasteiger partial charge in [-0.2, -0.15) is 11.4 Å². The predicted octanol–water partition coefficient (Wildman–Crippen LogP) is 2.12. The molecule has 2 heterocycles. The van der Waals surface area contributed by atoms with Crippen LogP contribution in [0, 0.1) is 5.82 Å². The Morgan fingerprint density at radius 2 is 1.63 bits per heavy atom. The van der Waals surface area contributed by atoms with E-state index < -0.39 is 43.9 Å². The van der Waals surface area contributed by atoms with Gasteiger partial charge in [-0.15, -0.1) is 0 Å². The molecule has 0 bridgehead atoms. The maximum Gasteiger partial charge on any atom is 0.369 e. The van der Waals surface area contributed by atoms with Crippen molar-refractivity contribution in [1.82, 2.24) is 9.47 Å². The number of carbonyl (C=O) groups is 1. The highest BCUT2D eigenvalue weighted by Crippen LogP contribution is 2.68. The van der Waals surface area contributed by atoms with Crippen molar-refractivity contribution >= 4 is 54.6 Å². The lowest BCUT2D eigenvalue weighted by Gasteiger charge is -2.34. The number of rotatable bonds is 9. The van der Waals surface area contributed by atoms with Gasteiger partial charge in [-0.1, -0.05) is 12.1 Å². The van der Waals surface area contributed by atoms with Crippen LogP contribution in [0.4, 0.5) is 10.1 Å². The number of pyridine rings is 1. The van der Waals surface area contributed by atoms with Crippen molar-refractivity contribution in [2.45, 2.75) is 35.3 Å². The smallest absolute Gasteiger partial charge is 0.369 e. The number of fused-ring (bicyclic) bond motifs is 1. The topological polar surface area (TPSA) is 201 Å². The van der Waals surface area contributed by atoms with Crippen LogP contribution in [0.15, 0.2) is 52.3 Å². The monoisotopic (exact) mass is 657 g/mol. The Kier molecular flexibility index (Phi) is 8.60. The third-order valence-corrected chi connectivity index (χ3v) is 12.4. The molecule has 43 heavy (non-hydrogen) atoms. The molecule has 1 aromatic heterocycles. The van der Waals surface area contributed by atoms with Gasteiger partial charge in [0.1, 0.15) is 11.4 Å². The molecule has 2 aliphatic rings. The summed E-state index contributed by atoms with van der Waals surface area (Å²) in [6, 6.07) is 8.89. The third-order valence-electron chi connectivity index (χ3n) is 7.61. The molecule has 0 spiro atoms. The van der Waals surface area contributed by atoms with Crippen molar-refractivity contribution < 1.29 is 48.1 Å². The Balaban J connectivity index is 1.27. The summed E-state index contributed by atoms with van der Waals surface area (Å²) in [5, 5.41) is 16.1. The van der Waals surface area contributed by atoms with Crippen LogP contribution in [0.3, 0.4) is 0 Å². The summed E-state index contributed by atoms with van der Waals surface area (Å²) in [5.41, 5.74) is 1.80. The molecule has 1 aliphatic carbocycles. The summed E-state index contributed by atoms with van der Waals surface area (Å²) in [7, 11) is -11.1. The van der Waals surface area contributed by atoms with E-state index in [0.717, 1.165) is 35.2 Å². The molecule has 6 N–H and O–H groups in total. The van der Waals surface area contributed by atoms with Crippen molar-refractivity contribution in [2.75, 3.05) is 31.1 Å². The first-order valence-corrected chi connectivity index (χ1v) is 17.4. The SMILES string of the molecule is O=C(O)c1cn(C2CC2)c2cc(N3CCN(C=[SH]c4ccc(CC(O)(P(=O)(O)O)P(=O)(O)O)cc4)CC3)c(F)cc2c1=O. The second-order valence-electron chi connectivity index (χ2n) is 10.6. The Hall–Kier alpha value is -2.71. The van der Waals surface area contributed by atoms with Gasteiger partial charge in [0.15, 0.2) is 0 Å². The predicted molar refractivity (Wildman–Crippen MR) is 160 cm³/mol. The zero-order valence-electron chi connectivity index (χ0n) is 22.5. The minimum Gasteiger partial charge on any atom is -0.477 e. The minimum atomic E-state index is -5.56. The zero-order chi connectivity index (χ0) is 31.3. The Morgan fingerprint density at radius 1 is 1.02 bits per heavy atom. The fraction of sp³-hybridized carbons (Fsp3) is 0.346. The maximum absolute atomic E-state index is 15.2. The standard InChI is InChI=1S/C26H30FN3O10P2S/c27-21-11-19-22(30(17-3-4-17)14-20(24(19)31)25(32)33)12-23(21)29-9-7-28(8-10-29)15-43-18-5-1-16(2-6-18)13-26(34,41(35,36)37)42(38,39)40/h1-2,5-6,11-12,14-15,17,34,43H,3-4,7-10,13H2,(H,32,33)(H2,35,36,37)(H2,38,39,40). The van der Waals surface area contributed by atoms with Gasteiger partial charge >= 0.3 is 21.2 Å². The van der Waals surface area contributed by atoms with Crippen LogP contribution in [0.5, 0.6) is 0 Å². The van der Waals surface area contributed by atoms with Crippen molar-refractivity contribution in [2.24, 2.45) is 0 Å². The molecule has 1 saturated heterocycles. The van der Waals surface area contributed by atoms with E-state index >= 15 is 4.39 Å². The third kappa shape index (κ3) is 6.41. The molecular formula is C26H30FN3O10P2S. The van der Waals surface area contributed by atoms with Gasteiger partial charge < -0.3 is 39.3 Å². The molecule has 0 radical (unpaired) electrons. The normalized spacial score (nSPS) is 17.4. The van der Waals surface area contributed by atoms with Crippen LogP contribution >= 0.6 is 26.5 Å². The van der Waals surface area contributed by atoms with Crippen LogP contribution < -0.4 is 10.3 Å². The van der Waals surface area contributed by atoms with E-state index in [0.29, 0.717) is 37.4 Å². The highest BCUT2D eigenvalue weighted by molar-refractivity contribution is 7.97. The van der Waals surface area contributed by atoms with Crippen LogP contribution in [0.1, 0.15) is 34.8 Å². The molecule has 5 rings (SSSR count). The number of aromatic carboxylic acids is 1. The second-order valence-corrected chi connectivity index (χ2v) is 15.6. The number of thiol groups is 1. The molecule has 0 amide bonds. The van der Waals surface area contributed by atoms with E-state index in [1.807, 2.05) is 15.3 Å². The number of halogens is 1. The molecule has 3 aromatic rings. The summed E-state index contributed by atoms with van der Waals surface area (Å²) < 4.78 is 40.2. The lowest BCUT2D eigenvalue weighted by atomic mass is 10.1. The molecular weight excluding hydrogens is 627 g/mol. The van der Waals surface area contributed by atoms with Crippen molar-refractivity contribution in [3.63, 3.8) is 0 Å². The van der Waals surface area contributed by atoms with Gasteiger partial charge in [0.2, 0.25) is 5.43 Å². The molecule has 1 saturated carbocycles. The second kappa shape index (κ2) is 11.7. The van der Waals surface area contributed by atoms with Crippen LogP contribution in [-0.4, -0.2) is 82.0 Å². The van der Waals surface area contributed by atoms with Gasteiger partial charge in [0.25, 0.3) is 5.08 Å². The molecule has 2 aromatic carbocycles. The lowest BCUT2D eigenvalue weighted by Crippen LogP contribution is -2.45. The number of carboxylic acids is 1. The number of aliphatic hydroxyl groups is 1. The molecule has 2 fully saturated rings.